The Labute approximate surface area is 125 Å². The molecule has 0 saturated carbocycles. The second-order valence-electron chi connectivity index (χ2n) is 4.68. The fourth-order valence-corrected chi connectivity index (χ4v) is 3.12. The van der Waals surface area contributed by atoms with Crippen molar-refractivity contribution in [1.82, 2.24) is 9.97 Å². The van der Waals surface area contributed by atoms with Crippen LogP contribution >= 0.6 is 11.3 Å². The van der Waals surface area contributed by atoms with Crippen molar-refractivity contribution in [3.05, 3.63) is 29.9 Å². The number of rotatable bonds is 3. The summed E-state index contributed by atoms with van der Waals surface area (Å²) in [5.41, 5.74) is 1.75. The van der Waals surface area contributed by atoms with Crippen LogP contribution in [-0.2, 0) is 14.3 Å². The van der Waals surface area contributed by atoms with E-state index in [4.69, 9.17) is 4.74 Å². The molecule has 1 amide bonds. The number of nitrogens with zero attached hydrogens (tertiary/aromatic N) is 3. The van der Waals surface area contributed by atoms with Crippen LogP contribution in [0.2, 0.25) is 0 Å². The summed E-state index contributed by atoms with van der Waals surface area (Å²) in [6.45, 7) is 0.328. The lowest BCUT2D eigenvalue weighted by Gasteiger charge is -2.11. The molecule has 0 aromatic carbocycles. The Morgan fingerprint density at radius 2 is 2.19 bits per heavy atom. The van der Waals surface area contributed by atoms with Crippen LogP contribution in [0.25, 0.3) is 11.3 Å². The van der Waals surface area contributed by atoms with Gasteiger partial charge in [0, 0.05) is 36.3 Å². The minimum atomic E-state index is -0.407. The molecule has 21 heavy (non-hydrogen) atoms. The molecular weight excluding hydrogens is 290 g/mol. The van der Waals surface area contributed by atoms with E-state index < -0.39 is 5.92 Å². The molecule has 0 bridgehead atoms. The van der Waals surface area contributed by atoms with Gasteiger partial charge in [0.05, 0.1) is 18.7 Å². The zero-order chi connectivity index (χ0) is 14.8. The third kappa shape index (κ3) is 2.64. The molecule has 108 valence electrons. The minimum Gasteiger partial charge on any atom is -0.469 e. The topological polar surface area (TPSA) is 72.4 Å². The normalized spacial score (nSPS) is 18.0. The Bertz CT molecular complexity index is 671. The molecule has 1 aliphatic heterocycles. The zero-order valence-electron chi connectivity index (χ0n) is 11.4. The largest absolute Gasteiger partial charge is 0.469 e. The quantitative estimate of drug-likeness (QED) is 0.807. The number of hydrogen-bond donors (Lipinski definition) is 0. The maximum atomic E-state index is 12.0. The molecule has 1 atom stereocenters. The van der Waals surface area contributed by atoms with E-state index in [0.29, 0.717) is 11.7 Å². The lowest BCUT2D eigenvalue weighted by molar-refractivity contribution is -0.145. The first-order chi connectivity index (χ1) is 10.2. The molecule has 1 saturated heterocycles. The predicted octanol–water partition coefficient (Wildman–Crippen LogP) is 1.73. The average molecular weight is 303 g/mol. The van der Waals surface area contributed by atoms with Crippen molar-refractivity contribution in [3.8, 4) is 11.3 Å². The standard InChI is InChI=1S/C14H13N3O3S/c1-20-13(19)10-6-12(18)17(7-10)14-16-11(8-21-14)9-2-4-15-5-3-9/h2-5,8,10H,6-7H2,1H3. The maximum Gasteiger partial charge on any atom is 0.311 e. The van der Waals surface area contributed by atoms with E-state index in [9.17, 15) is 9.59 Å². The number of esters is 1. The van der Waals surface area contributed by atoms with Crippen LogP contribution in [0.4, 0.5) is 5.13 Å². The first-order valence-corrected chi connectivity index (χ1v) is 7.31. The van der Waals surface area contributed by atoms with E-state index in [1.807, 2.05) is 17.5 Å². The molecule has 1 aliphatic rings. The van der Waals surface area contributed by atoms with Crippen molar-refractivity contribution in [1.29, 1.82) is 0 Å². The highest BCUT2D eigenvalue weighted by molar-refractivity contribution is 7.14. The predicted molar refractivity (Wildman–Crippen MR) is 77.8 cm³/mol. The highest BCUT2D eigenvalue weighted by atomic mass is 32.1. The number of carbonyl (C=O) groups is 2. The highest BCUT2D eigenvalue weighted by Crippen LogP contribution is 2.31. The summed E-state index contributed by atoms with van der Waals surface area (Å²) in [5, 5.41) is 2.50. The van der Waals surface area contributed by atoms with Crippen LogP contribution in [0.3, 0.4) is 0 Å². The van der Waals surface area contributed by atoms with Gasteiger partial charge in [0.15, 0.2) is 5.13 Å². The van der Waals surface area contributed by atoms with Gasteiger partial charge in [-0.1, -0.05) is 0 Å². The van der Waals surface area contributed by atoms with Crippen molar-refractivity contribution in [2.45, 2.75) is 6.42 Å². The molecule has 0 aliphatic carbocycles. The zero-order valence-corrected chi connectivity index (χ0v) is 12.2. The van der Waals surface area contributed by atoms with Gasteiger partial charge in [0.2, 0.25) is 5.91 Å². The third-order valence-corrected chi connectivity index (χ3v) is 4.22. The van der Waals surface area contributed by atoms with Gasteiger partial charge in [-0.05, 0) is 12.1 Å². The number of amides is 1. The Morgan fingerprint density at radius 1 is 1.43 bits per heavy atom. The molecule has 2 aromatic rings. The number of pyridine rings is 1. The van der Waals surface area contributed by atoms with Crippen molar-refractivity contribution in [2.75, 3.05) is 18.6 Å². The van der Waals surface area contributed by atoms with Crippen LogP contribution in [0.1, 0.15) is 6.42 Å². The first-order valence-electron chi connectivity index (χ1n) is 6.43. The van der Waals surface area contributed by atoms with Gasteiger partial charge in [0.1, 0.15) is 0 Å². The van der Waals surface area contributed by atoms with E-state index in [1.54, 1.807) is 17.3 Å². The van der Waals surface area contributed by atoms with E-state index in [2.05, 4.69) is 9.97 Å². The molecular formula is C14H13N3O3S. The lowest BCUT2D eigenvalue weighted by atomic mass is 10.1. The minimum absolute atomic E-state index is 0.0963. The number of aromatic nitrogens is 2. The summed E-state index contributed by atoms with van der Waals surface area (Å²) >= 11 is 1.39. The van der Waals surface area contributed by atoms with Crippen molar-refractivity contribution >= 4 is 28.3 Å². The summed E-state index contributed by atoms with van der Waals surface area (Å²) in [6.07, 6.45) is 3.57. The molecule has 1 fully saturated rings. The number of carbonyl (C=O) groups excluding carboxylic acids is 2. The van der Waals surface area contributed by atoms with E-state index in [-0.39, 0.29) is 18.3 Å². The van der Waals surface area contributed by atoms with Crippen molar-refractivity contribution < 1.29 is 14.3 Å². The second kappa shape index (κ2) is 5.61. The van der Waals surface area contributed by atoms with Gasteiger partial charge in [-0.15, -0.1) is 11.3 Å². The van der Waals surface area contributed by atoms with Gasteiger partial charge in [-0.25, -0.2) is 4.98 Å². The Kier molecular flexibility index (Phi) is 3.66. The Hall–Kier alpha value is -2.28. The van der Waals surface area contributed by atoms with Crippen molar-refractivity contribution in [3.63, 3.8) is 0 Å². The number of ether oxygens (including phenoxy) is 1. The number of methoxy groups -OCH3 is 1. The molecule has 0 N–H and O–H groups in total. The molecule has 0 radical (unpaired) electrons. The number of anilines is 1. The van der Waals surface area contributed by atoms with Crippen molar-refractivity contribution in [2.24, 2.45) is 5.92 Å². The smallest absolute Gasteiger partial charge is 0.311 e. The third-order valence-electron chi connectivity index (χ3n) is 3.36. The van der Waals surface area contributed by atoms with Gasteiger partial charge >= 0.3 is 5.97 Å². The monoisotopic (exact) mass is 303 g/mol. The fraction of sp³-hybridized carbons (Fsp3) is 0.286. The van der Waals surface area contributed by atoms with Crippen LogP contribution in [0.5, 0.6) is 0 Å². The highest BCUT2D eigenvalue weighted by Gasteiger charge is 2.37. The SMILES string of the molecule is COC(=O)C1CC(=O)N(c2nc(-c3ccncc3)cs2)C1. The molecule has 7 heteroatoms. The van der Waals surface area contributed by atoms with E-state index in [0.717, 1.165) is 11.3 Å². The summed E-state index contributed by atoms with van der Waals surface area (Å²) < 4.78 is 4.70. The fourth-order valence-electron chi connectivity index (χ4n) is 2.26. The van der Waals surface area contributed by atoms with Crippen LogP contribution < -0.4 is 4.90 Å². The molecule has 6 nitrogen and oxygen atoms in total. The Balaban J connectivity index is 1.81. The summed E-state index contributed by atoms with van der Waals surface area (Å²) in [4.78, 5) is 33.6. The number of thiazole rings is 1. The van der Waals surface area contributed by atoms with Crippen LogP contribution in [0.15, 0.2) is 29.9 Å². The van der Waals surface area contributed by atoms with Crippen LogP contribution in [0, 0.1) is 5.92 Å². The molecule has 2 aromatic heterocycles. The second-order valence-corrected chi connectivity index (χ2v) is 5.52. The van der Waals surface area contributed by atoms with Gasteiger partial charge in [-0.2, -0.15) is 0 Å². The van der Waals surface area contributed by atoms with Gasteiger partial charge < -0.3 is 4.74 Å². The molecule has 3 heterocycles. The summed E-state index contributed by atoms with van der Waals surface area (Å²) in [6, 6.07) is 3.73. The van der Waals surface area contributed by atoms with Gasteiger partial charge in [-0.3, -0.25) is 19.5 Å². The van der Waals surface area contributed by atoms with E-state index >= 15 is 0 Å². The molecule has 0 spiro atoms. The van der Waals surface area contributed by atoms with Gasteiger partial charge in [0.25, 0.3) is 0 Å². The lowest BCUT2D eigenvalue weighted by Crippen LogP contribution is -2.26. The Morgan fingerprint density at radius 3 is 2.90 bits per heavy atom. The first kappa shape index (κ1) is 13.7. The van der Waals surface area contributed by atoms with Crippen LogP contribution in [-0.4, -0.2) is 35.5 Å². The summed E-state index contributed by atoms with van der Waals surface area (Å²) in [7, 11) is 1.33. The number of hydrogen-bond acceptors (Lipinski definition) is 6. The maximum absolute atomic E-state index is 12.0. The summed E-state index contributed by atoms with van der Waals surface area (Å²) in [5.74, 6) is -0.853. The molecule has 3 rings (SSSR count). The average Bonchev–Trinajstić information content (AvgIpc) is 3.14. The molecule has 1 unspecified atom stereocenters. The van der Waals surface area contributed by atoms with E-state index in [1.165, 1.54) is 18.4 Å².